The van der Waals surface area contributed by atoms with Crippen LogP contribution in [0.4, 0.5) is 0 Å². The molecule has 0 aromatic rings. The summed E-state index contributed by atoms with van der Waals surface area (Å²) < 4.78 is 68.2. The molecule has 0 bridgehead atoms. The third-order valence-corrected chi connectivity index (χ3v) is 19.3. The lowest BCUT2D eigenvalue weighted by Crippen LogP contribution is -2.30. The van der Waals surface area contributed by atoms with E-state index in [1.165, 1.54) is 199 Å². The van der Waals surface area contributed by atoms with E-state index < -0.39 is 97.5 Å². The average Bonchev–Trinajstić information content (AvgIpc) is 3.07. The van der Waals surface area contributed by atoms with Crippen molar-refractivity contribution in [3.05, 3.63) is 0 Å². The zero-order valence-corrected chi connectivity index (χ0v) is 61.5. The molecule has 0 aromatic carbocycles. The molecular weight excluding hydrogens is 1210 g/mol. The second kappa shape index (κ2) is 66.3. The molecule has 0 heterocycles. The van der Waals surface area contributed by atoms with E-state index in [0.717, 1.165) is 102 Å². The van der Waals surface area contributed by atoms with Gasteiger partial charge in [0, 0.05) is 25.7 Å². The van der Waals surface area contributed by atoms with Gasteiger partial charge in [-0.2, -0.15) is 0 Å². The second-order valence-corrected chi connectivity index (χ2v) is 29.5. The number of phosphoric ester groups is 2. The van der Waals surface area contributed by atoms with Crippen LogP contribution in [0.2, 0.25) is 0 Å². The van der Waals surface area contributed by atoms with E-state index in [-0.39, 0.29) is 25.7 Å². The summed E-state index contributed by atoms with van der Waals surface area (Å²) in [6.45, 7) is 7.24. The van der Waals surface area contributed by atoms with Gasteiger partial charge in [-0.1, -0.05) is 330 Å². The molecule has 0 radical (unpaired) electrons. The van der Waals surface area contributed by atoms with Crippen molar-refractivity contribution in [1.29, 1.82) is 0 Å². The van der Waals surface area contributed by atoms with Crippen molar-refractivity contribution in [3.63, 3.8) is 0 Å². The van der Waals surface area contributed by atoms with Crippen LogP contribution in [-0.4, -0.2) is 96.7 Å². The van der Waals surface area contributed by atoms with Crippen LogP contribution < -0.4 is 0 Å². The summed E-state index contributed by atoms with van der Waals surface area (Å²) in [5.41, 5.74) is 0. The number of phosphoric acid groups is 2. The number of unbranched alkanes of at least 4 members (excludes halogenated alkanes) is 44. The van der Waals surface area contributed by atoms with Crippen molar-refractivity contribution in [1.82, 2.24) is 0 Å². The molecule has 0 aliphatic rings. The van der Waals surface area contributed by atoms with Gasteiger partial charge in [0.15, 0.2) is 12.2 Å². The van der Waals surface area contributed by atoms with Crippen LogP contribution >= 0.6 is 15.6 Å². The maximum atomic E-state index is 13.1. The third-order valence-electron chi connectivity index (χ3n) is 17.4. The lowest BCUT2D eigenvalue weighted by molar-refractivity contribution is -0.161. The van der Waals surface area contributed by atoms with E-state index in [9.17, 15) is 43.2 Å². The highest BCUT2D eigenvalue weighted by atomic mass is 31.2. The molecule has 546 valence electrons. The van der Waals surface area contributed by atoms with Gasteiger partial charge in [0.1, 0.15) is 19.3 Å². The van der Waals surface area contributed by atoms with Crippen LogP contribution in [0.3, 0.4) is 0 Å². The van der Waals surface area contributed by atoms with Gasteiger partial charge in [-0.3, -0.25) is 37.3 Å². The Morgan fingerprint density at radius 1 is 0.304 bits per heavy atom. The predicted octanol–water partition coefficient (Wildman–Crippen LogP) is 21.3. The molecule has 0 aromatic heterocycles. The summed E-state index contributed by atoms with van der Waals surface area (Å²) in [6, 6.07) is 0. The molecule has 0 spiro atoms. The second-order valence-electron chi connectivity index (χ2n) is 26.6. The Hall–Kier alpha value is -1.94. The Morgan fingerprint density at radius 2 is 0.522 bits per heavy atom. The van der Waals surface area contributed by atoms with E-state index in [1.54, 1.807) is 0 Å². The summed E-state index contributed by atoms with van der Waals surface area (Å²) in [4.78, 5) is 72.4. The van der Waals surface area contributed by atoms with E-state index in [0.29, 0.717) is 25.7 Å². The van der Waals surface area contributed by atoms with Gasteiger partial charge in [-0.05, 0) is 31.6 Å². The molecule has 6 atom stereocenters. The third kappa shape index (κ3) is 65.4. The summed E-state index contributed by atoms with van der Waals surface area (Å²) in [5.74, 6) is -1.28. The highest BCUT2D eigenvalue weighted by molar-refractivity contribution is 7.47. The minimum atomic E-state index is -4.95. The van der Waals surface area contributed by atoms with Crippen LogP contribution in [-0.2, 0) is 65.4 Å². The van der Waals surface area contributed by atoms with Gasteiger partial charge in [-0.25, -0.2) is 9.13 Å². The highest BCUT2D eigenvalue weighted by Gasteiger charge is 2.30. The molecule has 19 heteroatoms. The SMILES string of the molecule is CCCCCCCCCCCCCCCCCCCC(=O)OC[C@H](COP(=O)(O)OC[C@@H](O)COP(=O)(O)OC[C@@H](COC(=O)CCCCCCC)OC(=O)CCCCCCCCCCCCCC)OC(=O)CCCCCCCCCCCCCCCCC(C)CC. The van der Waals surface area contributed by atoms with Gasteiger partial charge in [0.2, 0.25) is 0 Å². The Bertz CT molecular complexity index is 1770. The van der Waals surface area contributed by atoms with E-state index >= 15 is 0 Å². The molecule has 0 fully saturated rings. The summed E-state index contributed by atoms with van der Waals surface area (Å²) in [7, 11) is -9.89. The van der Waals surface area contributed by atoms with Crippen LogP contribution in [0.5, 0.6) is 0 Å². The predicted molar refractivity (Wildman–Crippen MR) is 372 cm³/mol. The number of carbonyl (C=O) groups excluding carboxylic acids is 4. The van der Waals surface area contributed by atoms with Crippen LogP contribution in [0.25, 0.3) is 0 Å². The van der Waals surface area contributed by atoms with Crippen molar-refractivity contribution in [2.75, 3.05) is 39.6 Å². The number of carbonyl (C=O) groups is 4. The minimum Gasteiger partial charge on any atom is -0.462 e. The highest BCUT2D eigenvalue weighted by Crippen LogP contribution is 2.45. The molecule has 0 saturated heterocycles. The van der Waals surface area contributed by atoms with E-state index in [2.05, 4.69) is 34.6 Å². The maximum absolute atomic E-state index is 13.1. The van der Waals surface area contributed by atoms with Crippen molar-refractivity contribution < 1.29 is 80.2 Å². The first-order valence-electron chi connectivity index (χ1n) is 38.2. The fraction of sp³-hybridized carbons (Fsp3) is 0.945. The summed E-state index contributed by atoms with van der Waals surface area (Å²) >= 11 is 0. The van der Waals surface area contributed by atoms with Crippen LogP contribution in [0.15, 0.2) is 0 Å². The van der Waals surface area contributed by atoms with Gasteiger partial charge < -0.3 is 33.8 Å². The fourth-order valence-corrected chi connectivity index (χ4v) is 12.7. The number of esters is 4. The van der Waals surface area contributed by atoms with Crippen LogP contribution in [0.1, 0.15) is 381 Å². The smallest absolute Gasteiger partial charge is 0.462 e. The maximum Gasteiger partial charge on any atom is 0.472 e. The molecule has 0 aliphatic heterocycles. The first-order chi connectivity index (χ1) is 44.6. The molecule has 17 nitrogen and oxygen atoms in total. The van der Waals surface area contributed by atoms with E-state index in [4.69, 9.17) is 37.0 Å². The van der Waals surface area contributed by atoms with Crippen molar-refractivity contribution in [2.24, 2.45) is 5.92 Å². The Balaban J connectivity index is 5.15. The molecule has 92 heavy (non-hydrogen) atoms. The molecule has 0 amide bonds. The monoisotopic (exact) mass is 1350 g/mol. The molecule has 0 rings (SSSR count). The van der Waals surface area contributed by atoms with Gasteiger partial charge in [0.05, 0.1) is 26.4 Å². The molecular formula is C73H142O17P2. The first-order valence-corrected chi connectivity index (χ1v) is 41.2. The standard InChI is InChI=1S/C73H142O17P2/c1-6-10-13-16-18-20-22-24-25-26-27-31-35-38-42-47-52-57-71(76)84-63-69(90-73(78)59-54-49-44-40-36-32-29-28-30-33-37-41-46-50-55-66(5)9-4)65-88-92(81,82)86-61-67(74)60-85-91(79,80)87-64-68(62-83-70(75)56-51-45-15-12-8-3)89-72(77)58-53-48-43-39-34-23-21-19-17-14-11-7-2/h66-69,74H,6-65H2,1-5H3,(H,79,80)(H,81,82)/t66?,67-,68+,69+/m0/s1. The van der Waals surface area contributed by atoms with Gasteiger partial charge >= 0.3 is 39.5 Å². The first kappa shape index (κ1) is 90.1. The molecule has 3 N–H and O–H groups in total. The number of hydrogen-bond acceptors (Lipinski definition) is 15. The zero-order valence-electron chi connectivity index (χ0n) is 59.7. The summed E-state index contributed by atoms with van der Waals surface area (Å²) in [6.07, 6.45) is 54.4. The topological polar surface area (TPSA) is 237 Å². The molecule has 0 saturated carbocycles. The zero-order chi connectivity index (χ0) is 67.7. The minimum absolute atomic E-state index is 0.107. The number of hydrogen-bond donors (Lipinski definition) is 3. The van der Waals surface area contributed by atoms with Gasteiger partial charge in [-0.15, -0.1) is 0 Å². The quantitative estimate of drug-likeness (QED) is 0.0222. The number of aliphatic hydroxyl groups excluding tert-OH is 1. The lowest BCUT2D eigenvalue weighted by atomic mass is 9.99. The Morgan fingerprint density at radius 3 is 0.772 bits per heavy atom. The largest absolute Gasteiger partial charge is 0.472 e. The average molecular weight is 1350 g/mol. The fourth-order valence-electron chi connectivity index (χ4n) is 11.1. The van der Waals surface area contributed by atoms with Crippen molar-refractivity contribution in [3.8, 4) is 0 Å². The lowest BCUT2D eigenvalue weighted by Gasteiger charge is -2.21. The van der Waals surface area contributed by atoms with Crippen molar-refractivity contribution >= 4 is 39.5 Å². The Kier molecular flexibility index (Phi) is 64.9. The number of rotatable bonds is 73. The van der Waals surface area contributed by atoms with Gasteiger partial charge in [0.25, 0.3) is 0 Å². The number of aliphatic hydroxyl groups is 1. The summed E-state index contributed by atoms with van der Waals surface area (Å²) in [5, 5.41) is 10.6. The van der Waals surface area contributed by atoms with E-state index in [1.807, 2.05) is 0 Å². The van der Waals surface area contributed by atoms with Crippen molar-refractivity contribution in [2.45, 2.75) is 400 Å². The normalized spacial score (nSPS) is 14.3. The van der Waals surface area contributed by atoms with Crippen LogP contribution in [0, 0.1) is 5.92 Å². The molecule has 3 unspecified atom stereocenters. The Labute approximate surface area is 562 Å². The molecule has 0 aliphatic carbocycles. The number of ether oxygens (including phenoxy) is 4.